The molecule has 0 aromatic heterocycles. The quantitative estimate of drug-likeness (QED) is 0.606. The molecule has 0 heterocycles. The third kappa shape index (κ3) is 4.17. The molecule has 1 rings (SSSR count). The van der Waals surface area contributed by atoms with Crippen molar-refractivity contribution in [2.45, 2.75) is 39.7 Å². The number of carbonyl (C=O) groups excluding carboxylic acids is 2. The van der Waals surface area contributed by atoms with Gasteiger partial charge in [-0.05, 0) is 24.2 Å². The lowest BCUT2D eigenvalue weighted by Gasteiger charge is -2.46. The van der Waals surface area contributed by atoms with Crippen LogP contribution in [0.25, 0.3) is 0 Å². The topological polar surface area (TPSA) is 108 Å². The maximum Gasteiger partial charge on any atom is 0.321 e. The maximum absolute atomic E-state index is 11.6. The zero-order valence-corrected chi connectivity index (χ0v) is 13.0. The Hall–Kier alpha value is -1.63. The largest absolute Gasteiger partial charge is 0.481 e. The van der Waals surface area contributed by atoms with E-state index in [4.69, 9.17) is 0 Å². The fourth-order valence-electron chi connectivity index (χ4n) is 2.98. The zero-order valence-electron chi connectivity index (χ0n) is 13.0. The number of rotatable bonds is 4. The summed E-state index contributed by atoms with van der Waals surface area (Å²) >= 11 is 0. The van der Waals surface area contributed by atoms with Gasteiger partial charge in [-0.3, -0.25) is 14.9 Å². The molecule has 0 aromatic rings. The van der Waals surface area contributed by atoms with Gasteiger partial charge in [-0.15, -0.1) is 0 Å². The lowest BCUT2D eigenvalue weighted by Crippen LogP contribution is -2.53. The van der Waals surface area contributed by atoms with E-state index < -0.39 is 17.9 Å². The smallest absolute Gasteiger partial charge is 0.321 e. The number of hydrogen-bond acceptors (Lipinski definition) is 4. The van der Waals surface area contributed by atoms with Crippen molar-refractivity contribution in [3.05, 3.63) is 0 Å². The molecule has 3 unspecified atom stereocenters. The summed E-state index contributed by atoms with van der Waals surface area (Å²) in [5.41, 5.74) is -0.348. The minimum absolute atomic E-state index is 0.0379. The van der Waals surface area contributed by atoms with Crippen molar-refractivity contribution in [3.8, 4) is 0 Å². The maximum atomic E-state index is 11.6. The van der Waals surface area contributed by atoms with E-state index in [2.05, 4.69) is 16.0 Å². The Labute approximate surface area is 124 Å². The highest BCUT2D eigenvalue weighted by Gasteiger charge is 2.46. The minimum Gasteiger partial charge on any atom is -0.481 e. The highest BCUT2D eigenvalue weighted by Crippen LogP contribution is 2.44. The normalized spacial score (nSPS) is 27.7. The van der Waals surface area contributed by atoms with Crippen LogP contribution in [-0.2, 0) is 9.59 Å². The number of carboxylic acids is 1. The molecule has 0 saturated heterocycles. The van der Waals surface area contributed by atoms with Crippen LogP contribution in [0, 0.1) is 17.3 Å². The summed E-state index contributed by atoms with van der Waals surface area (Å²) in [6.07, 6.45) is 1.29. The van der Waals surface area contributed by atoms with Gasteiger partial charge in [0.25, 0.3) is 0 Å². The number of imide groups is 1. The van der Waals surface area contributed by atoms with E-state index >= 15 is 0 Å². The Morgan fingerprint density at radius 1 is 1.24 bits per heavy atom. The van der Waals surface area contributed by atoms with Crippen molar-refractivity contribution >= 4 is 17.9 Å². The molecule has 7 nitrogen and oxygen atoms in total. The standard InChI is InChI=1S/C14H25N3O4/c1-8-10(16-7-11(18)17-13(21)15-4)6-5-9(12(19)20)14(8,2)3/h8-10,16H,5-7H2,1-4H3,(H,19,20)(H2,15,17,18,21). The number of nitrogens with one attached hydrogen (secondary N) is 3. The van der Waals surface area contributed by atoms with Crippen LogP contribution in [0.3, 0.4) is 0 Å². The van der Waals surface area contributed by atoms with Gasteiger partial charge in [0, 0.05) is 13.1 Å². The molecule has 3 amide bonds. The summed E-state index contributed by atoms with van der Waals surface area (Å²) in [5, 5.41) is 16.9. The minimum atomic E-state index is -0.761. The third-order valence-corrected chi connectivity index (χ3v) is 4.74. The predicted molar refractivity (Wildman–Crippen MR) is 77.7 cm³/mol. The van der Waals surface area contributed by atoms with Crippen molar-refractivity contribution in [2.75, 3.05) is 13.6 Å². The first-order valence-corrected chi connectivity index (χ1v) is 7.17. The van der Waals surface area contributed by atoms with Crippen LogP contribution < -0.4 is 16.0 Å². The SMILES string of the molecule is CNC(=O)NC(=O)CNC1CCC(C(=O)O)C(C)(C)C1C. The monoisotopic (exact) mass is 299 g/mol. The number of aliphatic carboxylic acids is 1. The Morgan fingerprint density at radius 2 is 1.86 bits per heavy atom. The van der Waals surface area contributed by atoms with Gasteiger partial charge in [0.2, 0.25) is 5.91 Å². The van der Waals surface area contributed by atoms with E-state index in [9.17, 15) is 19.5 Å². The highest BCUT2D eigenvalue weighted by molar-refractivity contribution is 5.95. The molecule has 0 bridgehead atoms. The van der Waals surface area contributed by atoms with E-state index in [0.29, 0.717) is 12.8 Å². The van der Waals surface area contributed by atoms with Crippen LogP contribution >= 0.6 is 0 Å². The number of urea groups is 1. The lowest BCUT2D eigenvalue weighted by molar-refractivity contribution is -0.150. The highest BCUT2D eigenvalue weighted by atomic mass is 16.4. The number of hydrogen-bond donors (Lipinski definition) is 4. The van der Waals surface area contributed by atoms with Crippen molar-refractivity contribution < 1.29 is 19.5 Å². The van der Waals surface area contributed by atoms with Gasteiger partial charge in [-0.1, -0.05) is 20.8 Å². The molecule has 7 heteroatoms. The van der Waals surface area contributed by atoms with E-state index in [0.717, 1.165) is 0 Å². The average molecular weight is 299 g/mol. The Balaban J connectivity index is 2.57. The summed E-state index contributed by atoms with van der Waals surface area (Å²) in [6.45, 7) is 5.95. The zero-order chi connectivity index (χ0) is 16.2. The molecule has 1 saturated carbocycles. The first kappa shape index (κ1) is 17.4. The Kier molecular flexibility index (Phi) is 5.71. The molecular formula is C14H25N3O4. The van der Waals surface area contributed by atoms with E-state index in [1.54, 1.807) is 0 Å². The van der Waals surface area contributed by atoms with Crippen molar-refractivity contribution in [3.63, 3.8) is 0 Å². The summed E-state index contributed by atoms with van der Waals surface area (Å²) in [7, 11) is 1.44. The molecule has 21 heavy (non-hydrogen) atoms. The fraction of sp³-hybridized carbons (Fsp3) is 0.786. The molecule has 4 N–H and O–H groups in total. The van der Waals surface area contributed by atoms with Crippen molar-refractivity contribution in [1.29, 1.82) is 0 Å². The second-order valence-corrected chi connectivity index (χ2v) is 6.19. The van der Waals surface area contributed by atoms with Crippen LogP contribution in [0.15, 0.2) is 0 Å². The number of amides is 3. The van der Waals surface area contributed by atoms with Crippen LogP contribution in [0.5, 0.6) is 0 Å². The predicted octanol–water partition coefficient (Wildman–Crippen LogP) is 0.557. The Bertz CT molecular complexity index is 422. The molecule has 0 radical (unpaired) electrons. The van der Waals surface area contributed by atoms with E-state index in [-0.39, 0.29) is 29.8 Å². The molecule has 1 fully saturated rings. The first-order chi connectivity index (χ1) is 9.70. The van der Waals surface area contributed by atoms with Gasteiger partial charge in [-0.25, -0.2) is 4.79 Å². The van der Waals surface area contributed by atoms with Gasteiger partial charge in [-0.2, -0.15) is 0 Å². The van der Waals surface area contributed by atoms with Crippen molar-refractivity contribution in [2.24, 2.45) is 17.3 Å². The van der Waals surface area contributed by atoms with Gasteiger partial charge < -0.3 is 15.7 Å². The molecule has 120 valence electrons. The van der Waals surface area contributed by atoms with Crippen LogP contribution in [-0.4, -0.2) is 42.6 Å². The first-order valence-electron chi connectivity index (χ1n) is 7.17. The van der Waals surface area contributed by atoms with E-state index in [1.807, 2.05) is 20.8 Å². The van der Waals surface area contributed by atoms with Crippen molar-refractivity contribution in [1.82, 2.24) is 16.0 Å². The van der Waals surface area contributed by atoms with E-state index in [1.165, 1.54) is 7.05 Å². The second kappa shape index (κ2) is 6.89. The summed E-state index contributed by atoms with van der Waals surface area (Å²) in [5.74, 6) is -1.42. The molecule has 3 atom stereocenters. The second-order valence-electron chi connectivity index (χ2n) is 6.19. The van der Waals surface area contributed by atoms with Crippen LogP contribution in [0.2, 0.25) is 0 Å². The third-order valence-electron chi connectivity index (χ3n) is 4.74. The molecule has 0 spiro atoms. The molecule has 0 aliphatic heterocycles. The lowest BCUT2D eigenvalue weighted by atomic mass is 9.61. The number of carboxylic acid groups (broad SMARTS) is 1. The van der Waals surface area contributed by atoms with Gasteiger partial charge in [0.15, 0.2) is 0 Å². The fourth-order valence-corrected chi connectivity index (χ4v) is 2.98. The molecule has 1 aliphatic carbocycles. The molecule has 0 aromatic carbocycles. The van der Waals surface area contributed by atoms with Gasteiger partial charge >= 0.3 is 12.0 Å². The molecule has 1 aliphatic rings. The Morgan fingerprint density at radius 3 is 2.38 bits per heavy atom. The number of carbonyl (C=O) groups is 3. The summed E-state index contributed by atoms with van der Waals surface area (Å²) in [6, 6.07) is -0.476. The van der Waals surface area contributed by atoms with Gasteiger partial charge in [0.1, 0.15) is 0 Å². The average Bonchev–Trinajstić information content (AvgIpc) is 2.39. The molecular weight excluding hydrogens is 274 g/mol. The van der Waals surface area contributed by atoms with Crippen LogP contribution in [0.4, 0.5) is 4.79 Å². The van der Waals surface area contributed by atoms with Crippen LogP contribution in [0.1, 0.15) is 33.6 Å². The summed E-state index contributed by atoms with van der Waals surface area (Å²) < 4.78 is 0. The van der Waals surface area contributed by atoms with Gasteiger partial charge in [0.05, 0.1) is 12.5 Å². The summed E-state index contributed by atoms with van der Waals surface area (Å²) in [4.78, 5) is 33.9.